The summed E-state index contributed by atoms with van der Waals surface area (Å²) in [5.74, 6) is -3.98. The molecule has 1 saturated heterocycles. The second kappa shape index (κ2) is 14.1. The number of alkyl halides is 2. The van der Waals surface area contributed by atoms with Crippen LogP contribution in [0.2, 0.25) is 0 Å². The molecule has 1 heterocycles. The molecule has 1 aromatic rings. The highest BCUT2D eigenvalue weighted by Gasteiger charge is 2.52. The van der Waals surface area contributed by atoms with E-state index in [1.54, 1.807) is 6.08 Å². The van der Waals surface area contributed by atoms with E-state index in [1.807, 2.05) is 38.1 Å². The minimum Gasteiger partial charge on any atom is -0.508 e. The van der Waals surface area contributed by atoms with Gasteiger partial charge in [-0.15, -0.1) is 0 Å². The number of aryl methyl sites for hydroxylation is 2. The number of nitrogens with one attached hydrogen (secondary N) is 1. The highest BCUT2D eigenvalue weighted by Crippen LogP contribution is 2.34. The van der Waals surface area contributed by atoms with Crippen molar-refractivity contribution in [2.45, 2.75) is 96.4 Å². The van der Waals surface area contributed by atoms with Crippen LogP contribution in [0.1, 0.15) is 82.3 Å². The molecule has 0 spiro atoms. The first kappa shape index (κ1) is 27.8. The average molecular weight is 479 g/mol. The lowest BCUT2D eigenvalue weighted by Crippen LogP contribution is -2.36. The molecule has 0 saturated carbocycles. The zero-order valence-corrected chi connectivity index (χ0v) is 20.6. The number of aromatic hydroxyl groups is 1. The predicted octanol–water partition coefficient (Wildman–Crippen LogP) is 5.68. The SMILES string of the molecule is CCNC(=O)CCCCCCN1C(=O)C(F)(F)CC1/C=C/CCCCCc1ccc(C)c(O)c1. The Bertz CT molecular complexity index is 826. The van der Waals surface area contributed by atoms with Crippen molar-refractivity contribution in [1.82, 2.24) is 10.2 Å². The molecule has 0 aromatic heterocycles. The zero-order chi connectivity index (χ0) is 25.0. The summed E-state index contributed by atoms with van der Waals surface area (Å²) in [6.07, 6.45) is 11.5. The number of unbranched alkanes of at least 4 members (excludes halogenated alkanes) is 6. The van der Waals surface area contributed by atoms with E-state index in [0.717, 1.165) is 62.5 Å². The van der Waals surface area contributed by atoms with Gasteiger partial charge in [-0.25, -0.2) is 0 Å². The van der Waals surface area contributed by atoms with Crippen molar-refractivity contribution in [2.75, 3.05) is 13.1 Å². The third-order valence-corrected chi connectivity index (χ3v) is 6.33. The number of likely N-dealkylation sites (tertiary alicyclic amines) is 1. The van der Waals surface area contributed by atoms with E-state index in [0.29, 0.717) is 31.7 Å². The number of hydrogen-bond acceptors (Lipinski definition) is 3. The summed E-state index contributed by atoms with van der Waals surface area (Å²) < 4.78 is 28.1. The van der Waals surface area contributed by atoms with Crippen LogP contribution in [0.5, 0.6) is 5.75 Å². The van der Waals surface area contributed by atoms with Crippen molar-refractivity contribution < 1.29 is 23.5 Å². The fourth-order valence-corrected chi connectivity index (χ4v) is 4.30. The summed E-state index contributed by atoms with van der Waals surface area (Å²) >= 11 is 0. The lowest BCUT2D eigenvalue weighted by Gasteiger charge is -2.21. The smallest absolute Gasteiger partial charge is 0.327 e. The minimum absolute atomic E-state index is 0.0384. The maximum Gasteiger partial charge on any atom is 0.327 e. The van der Waals surface area contributed by atoms with Gasteiger partial charge in [0, 0.05) is 25.9 Å². The number of carbonyl (C=O) groups excluding carboxylic acids is 2. The van der Waals surface area contributed by atoms with E-state index in [2.05, 4.69) is 5.32 Å². The highest BCUT2D eigenvalue weighted by molar-refractivity contribution is 5.86. The molecule has 1 atom stereocenters. The van der Waals surface area contributed by atoms with Gasteiger partial charge in [-0.2, -0.15) is 8.78 Å². The number of rotatable bonds is 15. The summed E-state index contributed by atoms with van der Waals surface area (Å²) in [6, 6.07) is 5.21. The van der Waals surface area contributed by atoms with Gasteiger partial charge in [-0.1, -0.05) is 43.5 Å². The van der Waals surface area contributed by atoms with Crippen LogP contribution in [0.25, 0.3) is 0 Å². The van der Waals surface area contributed by atoms with Gasteiger partial charge in [0.15, 0.2) is 0 Å². The van der Waals surface area contributed by atoms with E-state index >= 15 is 0 Å². The Labute approximate surface area is 202 Å². The molecule has 0 radical (unpaired) electrons. The fraction of sp³-hybridized carbons (Fsp3) is 0.630. The number of halogens is 2. The molecule has 1 fully saturated rings. The summed E-state index contributed by atoms with van der Waals surface area (Å²) in [7, 11) is 0. The number of nitrogens with zero attached hydrogens (tertiary/aromatic N) is 1. The van der Waals surface area contributed by atoms with E-state index in [4.69, 9.17) is 0 Å². The van der Waals surface area contributed by atoms with Crippen LogP contribution in [0, 0.1) is 6.92 Å². The van der Waals surface area contributed by atoms with Crippen LogP contribution in [-0.4, -0.2) is 46.9 Å². The number of phenolic OH excluding ortho intramolecular Hbond substituents is 1. The summed E-state index contributed by atoms with van der Waals surface area (Å²) in [4.78, 5) is 24.9. The molecule has 1 aliphatic rings. The average Bonchev–Trinajstić information content (AvgIpc) is 3.00. The van der Waals surface area contributed by atoms with Gasteiger partial charge < -0.3 is 15.3 Å². The molecule has 2 amide bonds. The first-order chi connectivity index (χ1) is 16.2. The Morgan fingerprint density at radius 2 is 1.91 bits per heavy atom. The maximum atomic E-state index is 14.0. The molecule has 1 aromatic carbocycles. The maximum absolute atomic E-state index is 14.0. The fourth-order valence-electron chi connectivity index (χ4n) is 4.30. The van der Waals surface area contributed by atoms with Crippen molar-refractivity contribution in [1.29, 1.82) is 0 Å². The number of hydrogen-bond donors (Lipinski definition) is 2. The topological polar surface area (TPSA) is 69.6 Å². The third-order valence-electron chi connectivity index (χ3n) is 6.33. The Kier molecular flexibility index (Phi) is 11.5. The quantitative estimate of drug-likeness (QED) is 0.252. The lowest BCUT2D eigenvalue weighted by atomic mass is 10.0. The Balaban J connectivity index is 1.67. The van der Waals surface area contributed by atoms with Crippen LogP contribution < -0.4 is 5.32 Å². The molecule has 190 valence electrons. The van der Waals surface area contributed by atoms with Gasteiger partial charge in [0.1, 0.15) is 5.75 Å². The van der Waals surface area contributed by atoms with E-state index in [9.17, 15) is 23.5 Å². The van der Waals surface area contributed by atoms with E-state index < -0.39 is 24.3 Å². The van der Waals surface area contributed by atoms with Crippen molar-refractivity contribution in [3.05, 3.63) is 41.5 Å². The van der Waals surface area contributed by atoms with Crippen molar-refractivity contribution in [2.24, 2.45) is 0 Å². The molecule has 5 nitrogen and oxygen atoms in total. The normalized spacial score (nSPS) is 17.6. The molecule has 1 aliphatic heterocycles. The molecule has 0 aliphatic carbocycles. The molecule has 2 rings (SSSR count). The molecule has 34 heavy (non-hydrogen) atoms. The number of phenols is 1. The first-order valence-corrected chi connectivity index (χ1v) is 12.7. The van der Waals surface area contributed by atoms with Crippen LogP contribution in [0.4, 0.5) is 8.78 Å². The summed E-state index contributed by atoms with van der Waals surface area (Å²) in [5, 5.41) is 12.5. The van der Waals surface area contributed by atoms with Gasteiger partial charge in [0.2, 0.25) is 5.91 Å². The van der Waals surface area contributed by atoms with Crippen LogP contribution >= 0.6 is 0 Å². The molecule has 0 bridgehead atoms. The number of amides is 2. The van der Waals surface area contributed by atoms with E-state index in [-0.39, 0.29) is 5.91 Å². The molecular weight excluding hydrogens is 438 g/mol. The van der Waals surface area contributed by atoms with Gasteiger partial charge >= 0.3 is 5.92 Å². The second-order valence-corrected chi connectivity index (χ2v) is 9.24. The third kappa shape index (κ3) is 9.07. The number of allylic oxidation sites excluding steroid dienone is 1. The van der Waals surface area contributed by atoms with Crippen molar-refractivity contribution in [3.63, 3.8) is 0 Å². The molecule has 1 unspecified atom stereocenters. The van der Waals surface area contributed by atoms with Crippen molar-refractivity contribution >= 4 is 11.8 Å². The van der Waals surface area contributed by atoms with Crippen LogP contribution in [0.3, 0.4) is 0 Å². The first-order valence-electron chi connectivity index (χ1n) is 12.7. The number of benzene rings is 1. The second-order valence-electron chi connectivity index (χ2n) is 9.24. The Morgan fingerprint density at radius 1 is 1.18 bits per heavy atom. The lowest BCUT2D eigenvalue weighted by molar-refractivity contribution is -0.148. The number of carbonyl (C=O) groups is 2. The summed E-state index contributed by atoms with van der Waals surface area (Å²) in [5.41, 5.74) is 1.99. The molecule has 2 N–H and O–H groups in total. The molecular formula is C27H40F2N2O3. The largest absolute Gasteiger partial charge is 0.508 e. The van der Waals surface area contributed by atoms with Gasteiger partial charge in [0.25, 0.3) is 5.91 Å². The van der Waals surface area contributed by atoms with Crippen LogP contribution in [-0.2, 0) is 16.0 Å². The minimum atomic E-state index is -3.28. The van der Waals surface area contributed by atoms with Crippen molar-refractivity contribution in [3.8, 4) is 5.75 Å². The highest BCUT2D eigenvalue weighted by atomic mass is 19.3. The van der Waals surface area contributed by atoms with Crippen LogP contribution in [0.15, 0.2) is 30.4 Å². The Hall–Kier alpha value is -2.44. The predicted molar refractivity (Wildman–Crippen MR) is 131 cm³/mol. The Morgan fingerprint density at radius 3 is 2.65 bits per heavy atom. The monoisotopic (exact) mass is 478 g/mol. The van der Waals surface area contributed by atoms with Gasteiger partial charge in [0.05, 0.1) is 6.04 Å². The van der Waals surface area contributed by atoms with Gasteiger partial charge in [-0.05, 0) is 69.6 Å². The zero-order valence-electron chi connectivity index (χ0n) is 20.6. The summed E-state index contributed by atoms with van der Waals surface area (Å²) in [6.45, 7) is 4.70. The standard InChI is InChI=1S/C27H40F2N2O3/c1-3-30-25(33)15-11-7-8-12-18-31-23(20-27(28,29)26(31)34)14-10-6-4-5-9-13-22-17-16-21(2)24(32)19-22/h10,14,16-17,19,23,32H,3-9,11-13,15,18,20H2,1-2H3,(H,30,33)/b14-10+. The van der Waals surface area contributed by atoms with Gasteiger partial charge in [-0.3, -0.25) is 9.59 Å². The van der Waals surface area contributed by atoms with E-state index in [1.165, 1.54) is 4.90 Å². The molecule has 7 heteroatoms.